The van der Waals surface area contributed by atoms with Gasteiger partial charge in [0.1, 0.15) is 0 Å². The van der Waals surface area contributed by atoms with Crippen molar-refractivity contribution in [2.45, 2.75) is 17.6 Å². The molecule has 2 heterocycles. The smallest absolute Gasteiger partial charge is 0.352 e. The molecule has 0 N–H and O–H groups in total. The van der Waals surface area contributed by atoms with Gasteiger partial charge in [0.15, 0.2) is 20.7 Å². The van der Waals surface area contributed by atoms with Gasteiger partial charge >= 0.3 is 6.18 Å². The van der Waals surface area contributed by atoms with Crippen LogP contribution in [0.3, 0.4) is 0 Å². The Balaban J connectivity index is 1.37. The topological polar surface area (TPSA) is 83.5 Å². The fourth-order valence-corrected chi connectivity index (χ4v) is 5.03. The van der Waals surface area contributed by atoms with Gasteiger partial charge in [-0.2, -0.15) is 13.2 Å². The van der Waals surface area contributed by atoms with Crippen molar-refractivity contribution in [1.82, 2.24) is 15.1 Å². The third-order valence-corrected chi connectivity index (χ3v) is 7.40. The third kappa shape index (κ3) is 5.79. The van der Waals surface area contributed by atoms with Crippen LogP contribution in [-0.2, 0) is 22.4 Å². The summed E-state index contributed by atoms with van der Waals surface area (Å²) >= 11 is 0. The number of alkyl halides is 3. The number of hydrogen-bond acceptors (Lipinski definition) is 6. The van der Waals surface area contributed by atoms with Crippen molar-refractivity contribution in [3.63, 3.8) is 0 Å². The van der Waals surface area contributed by atoms with Crippen molar-refractivity contribution in [2.24, 2.45) is 0 Å². The van der Waals surface area contributed by atoms with E-state index in [0.717, 1.165) is 11.6 Å². The lowest BCUT2D eigenvalue weighted by molar-refractivity contribution is -0.138. The molecule has 1 aromatic heterocycles. The largest absolute Gasteiger partial charge is 0.417 e. The van der Waals surface area contributed by atoms with E-state index in [1.807, 2.05) is 35.2 Å². The van der Waals surface area contributed by atoms with E-state index in [2.05, 4.69) is 10.2 Å². The molecule has 0 bridgehead atoms. The van der Waals surface area contributed by atoms with Crippen LogP contribution in [0.4, 0.5) is 19.0 Å². The Morgan fingerprint density at radius 2 is 1.51 bits per heavy atom. The van der Waals surface area contributed by atoms with E-state index in [1.165, 1.54) is 29.2 Å². The number of aromatic nitrogens is 2. The second-order valence-corrected chi connectivity index (χ2v) is 10.2. The Morgan fingerprint density at radius 1 is 0.857 bits per heavy atom. The number of halogens is 3. The summed E-state index contributed by atoms with van der Waals surface area (Å²) < 4.78 is 65.0. The van der Waals surface area contributed by atoms with Crippen LogP contribution in [0, 0.1) is 0 Å². The average molecular weight is 505 g/mol. The van der Waals surface area contributed by atoms with Crippen molar-refractivity contribution in [3.05, 3.63) is 83.4 Å². The van der Waals surface area contributed by atoms with Gasteiger partial charge in [0.05, 0.1) is 16.9 Å². The van der Waals surface area contributed by atoms with Crippen molar-refractivity contribution < 1.29 is 26.4 Å². The molecule has 3 aromatic rings. The van der Waals surface area contributed by atoms with Crippen molar-refractivity contribution in [2.75, 3.05) is 36.8 Å². The molecule has 2 aromatic carbocycles. The van der Waals surface area contributed by atoms with Gasteiger partial charge in [-0.05, 0) is 36.2 Å². The van der Waals surface area contributed by atoms with Crippen LogP contribution in [0.15, 0.2) is 71.8 Å². The molecular weight excluding hydrogens is 481 g/mol. The summed E-state index contributed by atoms with van der Waals surface area (Å²) in [6.45, 7) is 1.05. The maximum Gasteiger partial charge on any atom is 0.417 e. The Labute approximate surface area is 201 Å². The standard InChI is InChI=1S/C24H23F3N4O3S/c25-24(26,27)20-9-5-4-8-19(20)23(32)31-15-13-30(14-16-31)21-10-11-22(29-28-21)35(33,34)17-12-18-6-2-1-3-7-18/h1-11H,12-17H2. The van der Waals surface area contributed by atoms with E-state index in [0.29, 0.717) is 25.3 Å². The second kappa shape index (κ2) is 10.0. The maximum atomic E-state index is 13.3. The van der Waals surface area contributed by atoms with Gasteiger partial charge in [-0.15, -0.1) is 10.2 Å². The Hall–Kier alpha value is -3.47. The number of carbonyl (C=O) groups excluding carboxylic acids is 1. The number of amides is 1. The summed E-state index contributed by atoms with van der Waals surface area (Å²) in [6.07, 6.45) is -4.26. The van der Waals surface area contributed by atoms with Gasteiger partial charge in [-0.3, -0.25) is 4.79 Å². The van der Waals surface area contributed by atoms with Crippen LogP contribution in [-0.4, -0.2) is 61.4 Å². The van der Waals surface area contributed by atoms with Gasteiger partial charge in [0.25, 0.3) is 5.91 Å². The lowest BCUT2D eigenvalue weighted by atomic mass is 10.1. The minimum absolute atomic E-state index is 0.0920. The highest BCUT2D eigenvalue weighted by Gasteiger charge is 2.36. The molecule has 0 spiro atoms. The van der Waals surface area contributed by atoms with E-state index in [9.17, 15) is 26.4 Å². The van der Waals surface area contributed by atoms with Crippen LogP contribution >= 0.6 is 0 Å². The molecule has 0 saturated carbocycles. The summed E-state index contributed by atoms with van der Waals surface area (Å²) in [5, 5.41) is 7.82. The normalized spacial score (nSPS) is 14.7. The molecule has 1 aliphatic heterocycles. The molecule has 1 saturated heterocycles. The number of rotatable bonds is 6. The molecule has 35 heavy (non-hydrogen) atoms. The Bertz CT molecular complexity index is 1280. The number of nitrogens with zero attached hydrogens (tertiary/aromatic N) is 4. The molecule has 184 valence electrons. The zero-order valence-electron chi connectivity index (χ0n) is 18.6. The first-order chi connectivity index (χ1) is 16.6. The van der Waals surface area contributed by atoms with Crippen LogP contribution in [0.1, 0.15) is 21.5 Å². The first kappa shape index (κ1) is 24.6. The van der Waals surface area contributed by atoms with Gasteiger partial charge in [-0.25, -0.2) is 8.42 Å². The van der Waals surface area contributed by atoms with Crippen LogP contribution in [0.5, 0.6) is 0 Å². The van der Waals surface area contributed by atoms with E-state index in [-0.39, 0.29) is 29.4 Å². The summed E-state index contributed by atoms with van der Waals surface area (Å²) in [6, 6.07) is 17.0. The predicted octanol–water partition coefficient (Wildman–Crippen LogP) is 3.47. The quantitative estimate of drug-likeness (QED) is 0.511. The number of sulfone groups is 1. The molecule has 0 radical (unpaired) electrons. The van der Waals surface area contributed by atoms with Gasteiger partial charge in [0, 0.05) is 26.2 Å². The molecule has 1 aliphatic rings. The Kier molecular flexibility index (Phi) is 7.06. The maximum absolute atomic E-state index is 13.3. The van der Waals surface area contributed by atoms with Crippen molar-refractivity contribution in [1.29, 1.82) is 0 Å². The van der Waals surface area contributed by atoms with Gasteiger partial charge < -0.3 is 9.80 Å². The van der Waals surface area contributed by atoms with Crippen LogP contribution in [0.2, 0.25) is 0 Å². The molecule has 1 fully saturated rings. The molecule has 0 atom stereocenters. The fraction of sp³-hybridized carbons (Fsp3) is 0.292. The van der Waals surface area contributed by atoms with Gasteiger partial charge in [0.2, 0.25) is 0 Å². The number of carbonyl (C=O) groups is 1. The predicted molar refractivity (Wildman–Crippen MR) is 124 cm³/mol. The Morgan fingerprint density at radius 3 is 2.14 bits per heavy atom. The summed E-state index contributed by atoms with van der Waals surface area (Å²) in [5.74, 6) is -0.330. The van der Waals surface area contributed by atoms with Crippen molar-refractivity contribution >= 4 is 21.6 Å². The number of piperazine rings is 1. The van der Waals surface area contributed by atoms with Crippen LogP contribution in [0.25, 0.3) is 0 Å². The lowest BCUT2D eigenvalue weighted by Gasteiger charge is -2.35. The minimum atomic E-state index is -4.62. The van der Waals surface area contributed by atoms with E-state index in [1.54, 1.807) is 6.07 Å². The van der Waals surface area contributed by atoms with Crippen LogP contribution < -0.4 is 4.90 Å². The molecular formula is C24H23F3N4O3S. The monoisotopic (exact) mass is 504 g/mol. The number of hydrogen-bond donors (Lipinski definition) is 0. The highest BCUT2D eigenvalue weighted by atomic mass is 32.2. The summed E-state index contributed by atoms with van der Waals surface area (Å²) in [5.41, 5.74) is -0.424. The highest BCUT2D eigenvalue weighted by Crippen LogP contribution is 2.32. The summed E-state index contributed by atoms with van der Waals surface area (Å²) in [7, 11) is -3.61. The first-order valence-electron chi connectivity index (χ1n) is 11.0. The highest BCUT2D eigenvalue weighted by molar-refractivity contribution is 7.91. The second-order valence-electron chi connectivity index (χ2n) is 8.11. The van der Waals surface area contributed by atoms with Gasteiger partial charge in [-0.1, -0.05) is 42.5 Å². The molecule has 0 aliphatic carbocycles. The zero-order chi connectivity index (χ0) is 25.1. The zero-order valence-corrected chi connectivity index (χ0v) is 19.5. The number of aryl methyl sites for hydroxylation is 1. The fourth-order valence-electron chi connectivity index (χ4n) is 3.87. The summed E-state index contributed by atoms with van der Waals surface area (Å²) in [4.78, 5) is 15.9. The molecule has 1 amide bonds. The SMILES string of the molecule is O=C(c1ccccc1C(F)(F)F)N1CCN(c2ccc(S(=O)(=O)CCc3ccccc3)nn2)CC1. The number of benzene rings is 2. The average Bonchev–Trinajstić information content (AvgIpc) is 2.87. The first-order valence-corrected chi connectivity index (χ1v) is 12.6. The molecule has 4 rings (SSSR count). The molecule has 7 nitrogen and oxygen atoms in total. The molecule has 0 unspecified atom stereocenters. The van der Waals surface area contributed by atoms with Crippen molar-refractivity contribution in [3.8, 4) is 0 Å². The lowest BCUT2D eigenvalue weighted by Crippen LogP contribution is -2.49. The number of anilines is 1. The van der Waals surface area contributed by atoms with E-state index in [4.69, 9.17) is 0 Å². The third-order valence-electron chi connectivity index (χ3n) is 5.80. The van der Waals surface area contributed by atoms with E-state index < -0.39 is 27.5 Å². The van der Waals surface area contributed by atoms with E-state index >= 15 is 0 Å². The minimum Gasteiger partial charge on any atom is -0.352 e. The molecule has 11 heteroatoms.